The van der Waals surface area contributed by atoms with Crippen molar-refractivity contribution in [3.05, 3.63) is 77.4 Å². The number of piperidine rings is 1. The first-order valence-corrected chi connectivity index (χ1v) is 10.4. The molecule has 0 aliphatic carbocycles. The van der Waals surface area contributed by atoms with Crippen molar-refractivity contribution in [2.24, 2.45) is 5.73 Å². The second-order valence-corrected chi connectivity index (χ2v) is 8.09. The number of carbonyl (C=O) groups excluding carboxylic acids is 1. The van der Waals surface area contributed by atoms with E-state index in [1.54, 1.807) is 0 Å². The number of anilines is 1. The van der Waals surface area contributed by atoms with E-state index in [1.165, 1.54) is 10.8 Å². The Kier molecular flexibility index (Phi) is 5.54. The second-order valence-electron chi connectivity index (χ2n) is 8.09. The molecule has 0 radical (unpaired) electrons. The molecule has 0 spiro atoms. The van der Waals surface area contributed by atoms with E-state index in [-0.39, 0.29) is 11.9 Å². The Balaban J connectivity index is 1.55. The highest BCUT2D eigenvalue weighted by atomic mass is 16.1. The highest BCUT2D eigenvalue weighted by molar-refractivity contribution is 5.97. The first kappa shape index (κ1) is 19.5. The molecule has 1 fully saturated rings. The lowest BCUT2D eigenvalue weighted by Gasteiger charge is -2.32. The highest BCUT2D eigenvalue weighted by Gasteiger charge is 2.19. The molecule has 1 aliphatic rings. The van der Waals surface area contributed by atoms with Gasteiger partial charge in [0.25, 0.3) is 5.91 Å². The second kappa shape index (κ2) is 8.26. The maximum atomic E-state index is 13.1. The third kappa shape index (κ3) is 4.13. The first-order valence-electron chi connectivity index (χ1n) is 10.4. The summed E-state index contributed by atoms with van der Waals surface area (Å²) in [7, 11) is 0. The van der Waals surface area contributed by atoms with Crippen molar-refractivity contribution in [3.63, 3.8) is 0 Å². The van der Waals surface area contributed by atoms with Gasteiger partial charge in [-0.2, -0.15) is 0 Å². The monoisotopic (exact) mass is 387 g/mol. The molecule has 4 heteroatoms. The lowest BCUT2D eigenvalue weighted by Crippen LogP contribution is -2.39. The predicted molar refractivity (Wildman–Crippen MR) is 120 cm³/mol. The van der Waals surface area contributed by atoms with Crippen LogP contribution < -0.4 is 16.0 Å². The van der Waals surface area contributed by atoms with E-state index in [9.17, 15) is 4.79 Å². The van der Waals surface area contributed by atoms with Crippen molar-refractivity contribution in [1.29, 1.82) is 0 Å². The SMILES string of the molecule is Cc1ccc(N2CCC(N)CC2)cc1C(=O)N[C@H](C)c1cccc2ccccc12. The minimum atomic E-state index is -0.0790. The average molecular weight is 388 g/mol. The molecule has 1 heterocycles. The van der Waals surface area contributed by atoms with E-state index in [1.807, 2.05) is 44.2 Å². The van der Waals surface area contributed by atoms with Crippen LogP contribution in [0.25, 0.3) is 10.8 Å². The van der Waals surface area contributed by atoms with Gasteiger partial charge in [0.05, 0.1) is 6.04 Å². The molecule has 1 saturated heterocycles. The fraction of sp³-hybridized carbons (Fsp3) is 0.320. The van der Waals surface area contributed by atoms with Crippen LogP contribution in [0.2, 0.25) is 0 Å². The summed E-state index contributed by atoms with van der Waals surface area (Å²) in [5.74, 6) is -0.0292. The summed E-state index contributed by atoms with van der Waals surface area (Å²) < 4.78 is 0. The number of rotatable bonds is 4. The van der Waals surface area contributed by atoms with E-state index < -0.39 is 0 Å². The zero-order valence-electron chi connectivity index (χ0n) is 17.2. The summed E-state index contributed by atoms with van der Waals surface area (Å²) in [6, 6.07) is 20.9. The fourth-order valence-corrected chi connectivity index (χ4v) is 4.19. The van der Waals surface area contributed by atoms with Gasteiger partial charge >= 0.3 is 0 Å². The third-order valence-corrected chi connectivity index (χ3v) is 6.01. The van der Waals surface area contributed by atoms with Crippen molar-refractivity contribution < 1.29 is 4.79 Å². The van der Waals surface area contributed by atoms with Gasteiger partial charge in [-0.05, 0) is 60.7 Å². The fourth-order valence-electron chi connectivity index (χ4n) is 4.19. The zero-order chi connectivity index (χ0) is 20.4. The van der Waals surface area contributed by atoms with Gasteiger partial charge in [0.15, 0.2) is 0 Å². The standard InChI is InChI=1S/C25H29N3O/c1-17-10-11-21(28-14-12-20(26)13-15-28)16-24(17)25(29)27-18(2)22-9-5-7-19-6-3-4-8-23(19)22/h3-11,16,18,20H,12-15,26H2,1-2H3,(H,27,29)/t18-/m1/s1. The maximum absolute atomic E-state index is 13.1. The Hall–Kier alpha value is -2.85. The Morgan fingerprint density at radius 1 is 1.07 bits per heavy atom. The lowest BCUT2D eigenvalue weighted by molar-refractivity contribution is 0.0939. The van der Waals surface area contributed by atoms with E-state index in [4.69, 9.17) is 5.73 Å². The van der Waals surface area contributed by atoms with Crippen LogP contribution in [0.1, 0.15) is 47.3 Å². The van der Waals surface area contributed by atoms with Crippen LogP contribution in [-0.4, -0.2) is 25.0 Å². The van der Waals surface area contributed by atoms with Crippen molar-refractivity contribution in [2.75, 3.05) is 18.0 Å². The molecule has 29 heavy (non-hydrogen) atoms. The van der Waals surface area contributed by atoms with Gasteiger partial charge in [0.1, 0.15) is 0 Å². The maximum Gasteiger partial charge on any atom is 0.252 e. The van der Waals surface area contributed by atoms with E-state index in [0.29, 0.717) is 6.04 Å². The smallest absolute Gasteiger partial charge is 0.252 e. The van der Waals surface area contributed by atoms with Gasteiger partial charge in [-0.25, -0.2) is 0 Å². The topological polar surface area (TPSA) is 58.4 Å². The summed E-state index contributed by atoms with van der Waals surface area (Å²) in [6.45, 7) is 5.92. The molecule has 3 aromatic rings. The number of hydrogen-bond acceptors (Lipinski definition) is 3. The summed E-state index contributed by atoms with van der Waals surface area (Å²) in [5.41, 5.74) is 10.0. The summed E-state index contributed by atoms with van der Waals surface area (Å²) in [6.07, 6.45) is 1.99. The summed E-state index contributed by atoms with van der Waals surface area (Å²) >= 11 is 0. The molecule has 0 aromatic heterocycles. The van der Waals surface area contributed by atoms with Gasteiger partial charge in [0.2, 0.25) is 0 Å². The molecule has 1 amide bonds. The Bertz CT molecular complexity index is 1020. The summed E-state index contributed by atoms with van der Waals surface area (Å²) in [4.78, 5) is 15.4. The molecular weight excluding hydrogens is 358 g/mol. The van der Waals surface area contributed by atoms with Crippen LogP contribution in [0.4, 0.5) is 5.69 Å². The largest absolute Gasteiger partial charge is 0.371 e. The minimum Gasteiger partial charge on any atom is -0.371 e. The Morgan fingerprint density at radius 3 is 2.59 bits per heavy atom. The van der Waals surface area contributed by atoms with Crippen LogP contribution in [-0.2, 0) is 0 Å². The molecule has 3 N–H and O–H groups in total. The highest BCUT2D eigenvalue weighted by Crippen LogP contribution is 2.26. The number of nitrogens with zero attached hydrogens (tertiary/aromatic N) is 1. The first-order chi connectivity index (χ1) is 14.0. The molecule has 1 aliphatic heterocycles. The Labute approximate surface area is 172 Å². The number of nitrogens with one attached hydrogen (secondary N) is 1. The van der Waals surface area contributed by atoms with E-state index in [2.05, 4.69) is 40.5 Å². The number of fused-ring (bicyclic) bond motifs is 1. The average Bonchev–Trinajstić information content (AvgIpc) is 2.74. The predicted octanol–water partition coefficient (Wildman–Crippen LogP) is 4.57. The molecule has 3 aromatic carbocycles. The number of carbonyl (C=O) groups is 1. The van der Waals surface area contributed by atoms with Crippen LogP contribution in [0.15, 0.2) is 60.7 Å². The van der Waals surface area contributed by atoms with Crippen molar-refractivity contribution in [1.82, 2.24) is 5.32 Å². The molecule has 150 valence electrons. The third-order valence-electron chi connectivity index (χ3n) is 6.01. The quantitative estimate of drug-likeness (QED) is 0.690. The molecular formula is C25H29N3O. The minimum absolute atomic E-state index is 0.0292. The van der Waals surface area contributed by atoms with Gasteiger partial charge < -0.3 is 16.0 Å². The number of hydrogen-bond donors (Lipinski definition) is 2. The molecule has 1 atom stereocenters. The number of amides is 1. The van der Waals surface area contributed by atoms with Gasteiger partial charge in [-0.1, -0.05) is 48.5 Å². The van der Waals surface area contributed by atoms with Crippen LogP contribution in [0, 0.1) is 6.92 Å². The van der Waals surface area contributed by atoms with Crippen molar-refractivity contribution in [2.45, 2.75) is 38.8 Å². The van der Waals surface area contributed by atoms with Gasteiger partial charge in [0, 0.05) is 30.4 Å². The molecule has 4 rings (SSSR count). The normalized spacial score (nSPS) is 16.0. The van der Waals surface area contributed by atoms with Gasteiger partial charge in [-0.3, -0.25) is 4.79 Å². The van der Waals surface area contributed by atoms with E-state index in [0.717, 1.165) is 48.3 Å². The van der Waals surface area contributed by atoms with Gasteiger partial charge in [-0.15, -0.1) is 0 Å². The molecule has 0 unspecified atom stereocenters. The van der Waals surface area contributed by atoms with Crippen molar-refractivity contribution in [3.8, 4) is 0 Å². The van der Waals surface area contributed by atoms with Crippen LogP contribution in [0.3, 0.4) is 0 Å². The number of nitrogens with two attached hydrogens (primary N) is 1. The lowest BCUT2D eigenvalue weighted by atomic mass is 9.99. The number of aryl methyl sites for hydroxylation is 1. The molecule has 0 saturated carbocycles. The van der Waals surface area contributed by atoms with Crippen molar-refractivity contribution >= 4 is 22.4 Å². The zero-order valence-corrected chi connectivity index (χ0v) is 17.2. The summed E-state index contributed by atoms with van der Waals surface area (Å²) in [5, 5.41) is 5.57. The van der Waals surface area contributed by atoms with Crippen LogP contribution in [0.5, 0.6) is 0 Å². The van der Waals surface area contributed by atoms with E-state index >= 15 is 0 Å². The Morgan fingerprint density at radius 2 is 1.79 bits per heavy atom. The molecule has 4 nitrogen and oxygen atoms in total. The van der Waals surface area contributed by atoms with Crippen LogP contribution >= 0.6 is 0 Å². The molecule has 0 bridgehead atoms. The number of benzene rings is 3.